The molecule has 0 aliphatic carbocycles. The van der Waals surface area contributed by atoms with E-state index in [0.29, 0.717) is 12.6 Å². The smallest absolute Gasteiger partial charge is 0.0411 e. The summed E-state index contributed by atoms with van der Waals surface area (Å²) in [5, 5.41) is 0. The first kappa shape index (κ1) is 11.1. The Morgan fingerprint density at radius 1 is 1.36 bits per heavy atom. The third-order valence-electron chi connectivity index (χ3n) is 2.61. The van der Waals surface area contributed by atoms with Gasteiger partial charge in [-0.25, -0.2) is 0 Å². The van der Waals surface area contributed by atoms with Crippen molar-refractivity contribution in [1.82, 2.24) is 0 Å². The maximum atomic E-state index is 5.73. The van der Waals surface area contributed by atoms with Gasteiger partial charge in [0.15, 0.2) is 0 Å². The Morgan fingerprint density at radius 2 is 2.00 bits per heavy atom. The van der Waals surface area contributed by atoms with E-state index in [1.807, 2.05) is 0 Å². The maximum absolute atomic E-state index is 5.73. The van der Waals surface area contributed by atoms with Crippen molar-refractivity contribution in [2.24, 2.45) is 5.73 Å². The molecule has 1 aromatic rings. The van der Waals surface area contributed by atoms with Crippen molar-refractivity contribution in [2.45, 2.75) is 33.4 Å². The molecule has 0 heterocycles. The van der Waals surface area contributed by atoms with Crippen LogP contribution in [0.4, 0.5) is 5.69 Å². The highest BCUT2D eigenvalue weighted by Crippen LogP contribution is 2.21. The summed E-state index contributed by atoms with van der Waals surface area (Å²) in [7, 11) is 2.11. The molecule has 1 rings (SSSR count). The third kappa shape index (κ3) is 2.26. The second kappa shape index (κ2) is 4.47. The quantitative estimate of drug-likeness (QED) is 0.796. The van der Waals surface area contributed by atoms with Crippen LogP contribution in [0.5, 0.6) is 0 Å². The zero-order valence-electron chi connectivity index (χ0n) is 9.54. The average Bonchev–Trinajstić information content (AvgIpc) is 2.16. The lowest BCUT2D eigenvalue weighted by Gasteiger charge is -2.26. The normalized spacial score (nSPS) is 10.7. The van der Waals surface area contributed by atoms with Gasteiger partial charge in [0.1, 0.15) is 0 Å². The molecule has 0 bridgehead atoms. The van der Waals surface area contributed by atoms with Gasteiger partial charge in [-0.1, -0.05) is 17.7 Å². The van der Waals surface area contributed by atoms with Crippen LogP contribution in [0.25, 0.3) is 0 Å². The van der Waals surface area contributed by atoms with Gasteiger partial charge in [0.2, 0.25) is 0 Å². The summed E-state index contributed by atoms with van der Waals surface area (Å²) in [5.74, 6) is 0. The first-order valence-electron chi connectivity index (χ1n) is 5.08. The van der Waals surface area contributed by atoms with Crippen LogP contribution in [0, 0.1) is 6.92 Å². The summed E-state index contributed by atoms with van der Waals surface area (Å²) in [6.45, 7) is 7.06. The molecule has 0 fully saturated rings. The van der Waals surface area contributed by atoms with E-state index in [-0.39, 0.29) is 0 Å². The minimum atomic E-state index is 0.503. The molecule has 0 spiro atoms. The number of aryl methyl sites for hydroxylation is 1. The van der Waals surface area contributed by atoms with Crippen molar-refractivity contribution in [3.05, 3.63) is 29.3 Å². The zero-order chi connectivity index (χ0) is 10.7. The Morgan fingerprint density at radius 3 is 2.50 bits per heavy atom. The van der Waals surface area contributed by atoms with Crippen LogP contribution in [-0.2, 0) is 6.54 Å². The number of anilines is 1. The van der Waals surface area contributed by atoms with Gasteiger partial charge in [0.05, 0.1) is 0 Å². The fourth-order valence-corrected chi connectivity index (χ4v) is 1.50. The second-order valence-electron chi connectivity index (χ2n) is 4.04. The van der Waals surface area contributed by atoms with Gasteiger partial charge in [0, 0.05) is 25.3 Å². The predicted octanol–water partition coefficient (Wildman–Crippen LogP) is 2.30. The zero-order valence-corrected chi connectivity index (χ0v) is 9.54. The molecule has 78 valence electrons. The fourth-order valence-electron chi connectivity index (χ4n) is 1.50. The summed E-state index contributed by atoms with van der Waals surface area (Å²) in [5.41, 5.74) is 9.47. The Bertz CT molecular complexity index is 305. The van der Waals surface area contributed by atoms with Crippen molar-refractivity contribution in [2.75, 3.05) is 11.9 Å². The number of rotatable bonds is 3. The van der Waals surface area contributed by atoms with E-state index in [4.69, 9.17) is 5.73 Å². The molecule has 0 aromatic heterocycles. The third-order valence-corrected chi connectivity index (χ3v) is 2.61. The van der Waals surface area contributed by atoms with E-state index in [2.05, 4.69) is 50.9 Å². The van der Waals surface area contributed by atoms with Crippen LogP contribution in [-0.4, -0.2) is 13.1 Å². The maximum Gasteiger partial charge on any atom is 0.0411 e. The number of nitrogens with zero attached hydrogens (tertiary/aromatic N) is 1. The van der Waals surface area contributed by atoms with Crippen LogP contribution in [0.15, 0.2) is 18.2 Å². The summed E-state index contributed by atoms with van der Waals surface area (Å²) in [4.78, 5) is 2.25. The van der Waals surface area contributed by atoms with Crippen molar-refractivity contribution < 1.29 is 0 Å². The van der Waals surface area contributed by atoms with E-state index in [1.54, 1.807) is 0 Å². The minimum Gasteiger partial charge on any atom is -0.372 e. The molecular formula is C12H20N2. The molecule has 2 heteroatoms. The molecule has 0 radical (unpaired) electrons. The summed E-state index contributed by atoms with van der Waals surface area (Å²) < 4.78 is 0. The van der Waals surface area contributed by atoms with Crippen LogP contribution in [0.3, 0.4) is 0 Å². The van der Waals surface area contributed by atoms with Crippen molar-refractivity contribution in [3.63, 3.8) is 0 Å². The number of hydrogen-bond acceptors (Lipinski definition) is 2. The highest BCUT2D eigenvalue weighted by atomic mass is 15.1. The van der Waals surface area contributed by atoms with E-state index in [0.717, 1.165) is 0 Å². The molecule has 0 saturated carbocycles. The van der Waals surface area contributed by atoms with Crippen molar-refractivity contribution in [3.8, 4) is 0 Å². The minimum absolute atomic E-state index is 0.503. The lowest BCUT2D eigenvalue weighted by Crippen LogP contribution is -2.27. The van der Waals surface area contributed by atoms with E-state index in [9.17, 15) is 0 Å². The molecule has 2 N–H and O–H groups in total. The van der Waals surface area contributed by atoms with Gasteiger partial charge in [-0.2, -0.15) is 0 Å². The number of benzene rings is 1. The van der Waals surface area contributed by atoms with Gasteiger partial charge in [-0.05, 0) is 32.4 Å². The van der Waals surface area contributed by atoms with Gasteiger partial charge in [-0.3, -0.25) is 0 Å². The Hall–Kier alpha value is -1.02. The topological polar surface area (TPSA) is 29.3 Å². The largest absolute Gasteiger partial charge is 0.372 e. The number of hydrogen-bond donors (Lipinski definition) is 1. The lowest BCUT2D eigenvalue weighted by atomic mass is 10.1. The molecule has 0 aliphatic rings. The number of nitrogens with two attached hydrogens (primary N) is 1. The van der Waals surface area contributed by atoms with Crippen LogP contribution in [0.1, 0.15) is 25.0 Å². The lowest BCUT2D eigenvalue weighted by molar-refractivity contribution is 0.749. The standard InChI is InChI=1S/C12H20N2/c1-9(2)14(4)12-6-5-10(3)7-11(12)8-13/h5-7,9H,8,13H2,1-4H3. The fraction of sp³-hybridized carbons (Fsp3) is 0.500. The van der Waals surface area contributed by atoms with E-state index in [1.165, 1.54) is 16.8 Å². The van der Waals surface area contributed by atoms with Gasteiger partial charge < -0.3 is 10.6 Å². The predicted molar refractivity (Wildman–Crippen MR) is 62.6 cm³/mol. The average molecular weight is 192 g/mol. The van der Waals surface area contributed by atoms with Gasteiger partial charge in [-0.15, -0.1) is 0 Å². The first-order chi connectivity index (χ1) is 6.56. The van der Waals surface area contributed by atoms with E-state index < -0.39 is 0 Å². The first-order valence-corrected chi connectivity index (χ1v) is 5.08. The highest BCUT2D eigenvalue weighted by molar-refractivity contribution is 5.54. The summed E-state index contributed by atoms with van der Waals surface area (Å²) in [6, 6.07) is 6.95. The molecule has 14 heavy (non-hydrogen) atoms. The van der Waals surface area contributed by atoms with Gasteiger partial charge in [0.25, 0.3) is 0 Å². The molecule has 1 aromatic carbocycles. The molecule has 0 amide bonds. The van der Waals surface area contributed by atoms with Crippen LogP contribution >= 0.6 is 0 Å². The highest BCUT2D eigenvalue weighted by Gasteiger charge is 2.08. The van der Waals surface area contributed by atoms with Crippen LogP contribution in [0.2, 0.25) is 0 Å². The van der Waals surface area contributed by atoms with Crippen molar-refractivity contribution in [1.29, 1.82) is 0 Å². The van der Waals surface area contributed by atoms with Gasteiger partial charge >= 0.3 is 0 Å². The summed E-state index contributed by atoms with van der Waals surface area (Å²) >= 11 is 0. The Labute approximate surface area is 86.7 Å². The second-order valence-corrected chi connectivity index (χ2v) is 4.04. The Kier molecular flexibility index (Phi) is 3.53. The molecular weight excluding hydrogens is 172 g/mol. The molecule has 2 nitrogen and oxygen atoms in total. The molecule has 0 saturated heterocycles. The summed E-state index contributed by atoms with van der Waals surface area (Å²) in [6.07, 6.45) is 0. The van der Waals surface area contributed by atoms with Crippen LogP contribution < -0.4 is 10.6 Å². The molecule has 0 aliphatic heterocycles. The molecule has 0 unspecified atom stereocenters. The monoisotopic (exact) mass is 192 g/mol. The molecule has 0 atom stereocenters. The van der Waals surface area contributed by atoms with E-state index >= 15 is 0 Å². The Balaban J connectivity index is 3.07. The SMILES string of the molecule is Cc1ccc(N(C)C(C)C)c(CN)c1. The van der Waals surface area contributed by atoms with Crippen molar-refractivity contribution >= 4 is 5.69 Å².